The Morgan fingerprint density at radius 3 is 2.50 bits per heavy atom. The van der Waals surface area contributed by atoms with Crippen LogP contribution in [0, 0.1) is 13.8 Å². The van der Waals surface area contributed by atoms with Crippen LogP contribution in [0.15, 0.2) is 29.1 Å². The van der Waals surface area contributed by atoms with E-state index in [1.165, 1.54) is 0 Å². The van der Waals surface area contributed by atoms with Crippen molar-refractivity contribution in [1.82, 2.24) is 14.5 Å². The average molecular weight is 420 g/mol. The van der Waals surface area contributed by atoms with Gasteiger partial charge in [0, 0.05) is 9.90 Å². The zero-order chi connectivity index (χ0) is 20.3. The highest BCUT2D eigenvalue weighted by Gasteiger charge is 2.17. The van der Waals surface area contributed by atoms with Crippen LogP contribution >= 0.6 is 22.9 Å². The molecule has 0 aliphatic rings. The van der Waals surface area contributed by atoms with Crippen molar-refractivity contribution in [3.63, 3.8) is 0 Å². The molecule has 28 heavy (non-hydrogen) atoms. The molecule has 0 saturated heterocycles. The van der Waals surface area contributed by atoms with Crippen LogP contribution in [0.5, 0.6) is 5.75 Å². The quantitative estimate of drug-likeness (QED) is 0.533. The van der Waals surface area contributed by atoms with Gasteiger partial charge in [0.2, 0.25) is 0 Å². The Morgan fingerprint density at radius 1 is 1.18 bits per heavy atom. The van der Waals surface area contributed by atoms with E-state index in [1.807, 2.05) is 26.0 Å². The van der Waals surface area contributed by atoms with E-state index in [0.717, 1.165) is 45.3 Å². The van der Waals surface area contributed by atoms with Gasteiger partial charge in [0.1, 0.15) is 23.0 Å². The monoisotopic (exact) mass is 419 g/mol. The molecular weight excluding hydrogens is 394 g/mol. The highest BCUT2D eigenvalue weighted by molar-refractivity contribution is 7.18. The predicted molar refractivity (Wildman–Crippen MR) is 117 cm³/mol. The molecule has 0 saturated carbocycles. The number of rotatable bonds is 8. The van der Waals surface area contributed by atoms with Crippen LogP contribution in [-0.4, -0.2) is 34.1 Å². The average Bonchev–Trinajstić information content (AvgIpc) is 2.97. The Kier molecular flexibility index (Phi) is 6.75. The van der Waals surface area contributed by atoms with Gasteiger partial charge >= 0.3 is 0 Å². The fourth-order valence-electron chi connectivity index (χ4n) is 3.15. The third kappa shape index (κ3) is 4.40. The SMILES string of the molecule is CCN(CC)Cc1nc2sc(C)c(C)c2c(=O)n1CCOc1ccc(Cl)cc1. The second-order valence-electron chi connectivity index (χ2n) is 6.71. The molecule has 0 radical (unpaired) electrons. The van der Waals surface area contributed by atoms with E-state index in [1.54, 1.807) is 28.0 Å². The topological polar surface area (TPSA) is 47.4 Å². The lowest BCUT2D eigenvalue weighted by Crippen LogP contribution is -2.32. The van der Waals surface area contributed by atoms with E-state index in [4.69, 9.17) is 21.3 Å². The molecular formula is C21H26ClN3O2S. The van der Waals surface area contributed by atoms with Gasteiger partial charge in [-0.2, -0.15) is 0 Å². The number of aryl methyl sites for hydroxylation is 2. The number of ether oxygens (including phenoxy) is 1. The first-order valence-corrected chi connectivity index (χ1v) is 10.7. The second-order valence-corrected chi connectivity index (χ2v) is 8.35. The van der Waals surface area contributed by atoms with Gasteiger partial charge in [0.25, 0.3) is 5.56 Å². The molecule has 0 atom stereocenters. The molecule has 0 bridgehead atoms. The highest BCUT2D eigenvalue weighted by atomic mass is 35.5. The summed E-state index contributed by atoms with van der Waals surface area (Å²) in [6.07, 6.45) is 0. The number of halogens is 1. The number of hydrogen-bond donors (Lipinski definition) is 0. The molecule has 150 valence electrons. The maximum atomic E-state index is 13.3. The normalized spacial score (nSPS) is 11.5. The van der Waals surface area contributed by atoms with Gasteiger partial charge in [-0.15, -0.1) is 11.3 Å². The molecule has 3 rings (SSSR count). The second kappa shape index (κ2) is 9.07. The fourth-order valence-corrected chi connectivity index (χ4v) is 4.32. The minimum Gasteiger partial charge on any atom is -0.492 e. The molecule has 2 aromatic heterocycles. The summed E-state index contributed by atoms with van der Waals surface area (Å²) in [6.45, 7) is 11.6. The van der Waals surface area contributed by atoms with Crippen molar-refractivity contribution in [2.45, 2.75) is 40.8 Å². The van der Waals surface area contributed by atoms with Crippen LogP contribution in [-0.2, 0) is 13.1 Å². The maximum Gasteiger partial charge on any atom is 0.262 e. The van der Waals surface area contributed by atoms with Gasteiger partial charge in [0.15, 0.2) is 0 Å². The largest absolute Gasteiger partial charge is 0.492 e. The Balaban J connectivity index is 1.92. The summed E-state index contributed by atoms with van der Waals surface area (Å²) in [5.41, 5.74) is 1.05. The van der Waals surface area contributed by atoms with Crippen molar-refractivity contribution in [3.05, 3.63) is 55.9 Å². The Bertz CT molecular complexity index is 1010. The number of benzene rings is 1. The predicted octanol–water partition coefficient (Wildman–Crippen LogP) is 4.65. The Labute approximate surface area is 174 Å². The summed E-state index contributed by atoms with van der Waals surface area (Å²) >= 11 is 7.51. The number of thiophene rings is 1. The number of nitrogens with zero attached hydrogens (tertiary/aromatic N) is 3. The lowest BCUT2D eigenvalue weighted by Gasteiger charge is -2.20. The van der Waals surface area contributed by atoms with E-state index >= 15 is 0 Å². The minimum atomic E-state index is 0.0220. The third-order valence-corrected chi connectivity index (χ3v) is 6.38. The lowest BCUT2D eigenvalue weighted by atomic mass is 10.2. The summed E-state index contributed by atoms with van der Waals surface area (Å²) in [5, 5.41) is 1.40. The van der Waals surface area contributed by atoms with Crippen molar-refractivity contribution in [3.8, 4) is 5.75 Å². The van der Waals surface area contributed by atoms with Gasteiger partial charge in [-0.05, 0) is 56.8 Å². The standard InChI is InChI=1S/C21H26ClN3O2S/c1-5-24(6-2)13-18-23-20-19(14(3)15(4)28-20)21(26)25(18)11-12-27-17-9-7-16(22)8-10-17/h7-10H,5-6,11-13H2,1-4H3. The molecule has 1 aromatic carbocycles. The molecule has 0 N–H and O–H groups in total. The van der Waals surface area contributed by atoms with Crippen LogP contribution in [0.4, 0.5) is 0 Å². The molecule has 0 aliphatic heterocycles. The third-order valence-electron chi connectivity index (χ3n) is 5.02. The van der Waals surface area contributed by atoms with Crippen LogP contribution in [0.25, 0.3) is 10.2 Å². The molecule has 0 fully saturated rings. The maximum absolute atomic E-state index is 13.3. The van der Waals surface area contributed by atoms with Crippen molar-refractivity contribution >= 4 is 33.2 Å². The molecule has 7 heteroatoms. The molecule has 2 heterocycles. The summed E-state index contributed by atoms with van der Waals surface area (Å²) in [6, 6.07) is 7.24. The molecule has 0 amide bonds. The highest BCUT2D eigenvalue weighted by Crippen LogP contribution is 2.26. The van der Waals surface area contributed by atoms with Crippen molar-refractivity contribution in [2.75, 3.05) is 19.7 Å². The Morgan fingerprint density at radius 2 is 1.86 bits per heavy atom. The number of fused-ring (bicyclic) bond motifs is 1. The van der Waals surface area contributed by atoms with Gasteiger partial charge in [-0.1, -0.05) is 25.4 Å². The Hall–Kier alpha value is -1.89. The first kappa shape index (κ1) is 20.8. The molecule has 0 unspecified atom stereocenters. The number of hydrogen-bond acceptors (Lipinski definition) is 5. The van der Waals surface area contributed by atoms with E-state index in [0.29, 0.717) is 24.7 Å². The van der Waals surface area contributed by atoms with E-state index in [-0.39, 0.29) is 5.56 Å². The minimum absolute atomic E-state index is 0.0220. The summed E-state index contributed by atoms with van der Waals surface area (Å²) in [7, 11) is 0. The number of aromatic nitrogens is 2. The lowest BCUT2D eigenvalue weighted by molar-refractivity contribution is 0.266. The molecule has 0 aliphatic carbocycles. The smallest absolute Gasteiger partial charge is 0.262 e. The van der Waals surface area contributed by atoms with Crippen LogP contribution in [0.2, 0.25) is 5.02 Å². The van der Waals surface area contributed by atoms with Crippen LogP contribution < -0.4 is 10.3 Å². The summed E-state index contributed by atoms with van der Waals surface area (Å²) in [4.78, 5) is 22.4. The van der Waals surface area contributed by atoms with E-state index < -0.39 is 0 Å². The van der Waals surface area contributed by atoms with Gasteiger partial charge in [-0.25, -0.2) is 4.98 Å². The van der Waals surface area contributed by atoms with Crippen molar-refractivity contribution in [2.24, 2.45) is 0 Å². The molecule has 3 aromatic rings. The van der Waals surface area contributed by atoms with Crippen LogP contribution in [0.3, 0.4) is 0 Å². The molecule has 5 nitrogen and oxygen atoms in total. The van der Waals surface area contributed by atoms with Gasteiger partial charge in [0.05, 0.1) is 18.5 Å². The zero-order valence-corrected chi connectivity index (χ0v) is 18.4. The summed E-state index contributed by atoms with van der Waals surface area (Å²) < 4.78 is 7.60. The first-order valence-electron chi connectivity index (χ1n) is 9.54. The first-order chi connectivity index (χ1) is 13.4. The van der Waals surface area contributed by atoms with Crippen molar-refractivity contribution in [1.29, 1.82) is 0 Å². The van der Waals surface area contributed by atoms with E-state index in [9.17, 15) is 4.79 Å². The van der Waals surface area contributed by atoms with E-state index in [2.05, 4.69) is 18.7 Å². The zero-order valence-electron chi connectivity index (χ0n) is 16.8. The molecule has 0 spiro atoms. The van der Waals surface area contributed by atoms with Crippen molar-refractivity contribution < 1.29 is 4.74 Å². The van der Waals surface area contributed by atoms with Crippen LogP contribution in [0.1, 0.15) is 30.1 Å². The summed E-state index contributed by atoms with van der Waals surface area (Å²) in [5.74, 6) is 1.53. The van der Waals surface area contributed by atoms with Gasteiger partial charge < -0.3 is 4.74 Å². The van der Waals surface area contributed by atoms with Gasteiger partial charge in [-0.3, -0.25) is 14.3 Å². The fraction of sp³-hybridized carbons (Fsp3) is 0.429.